The molecule has 1 aromatic carbocycles. The average molecular weight is 295 g/mol. The van der Waals surface area contributed by atoms with E-state index >= 15 is 0 Å². The fraction of sp³-hybridized carbons (Fsp3) is 0.167. The van der Waals surface area contributed by atoms with Crippen molar-refractivity contribution in [3.8, 4) is 5.69 Å². The lowest BCUT2D eigenvalue weighted by molar-refractivity contribution is -0.135. The molecule has 8 heteroatoms. The molecule has 0 aliphatic carbocycles. The smallest absolute Gasteiger partial charge is 0.322 e. The molecule has 0 saturated carbocycles. The van der Waals surface area contributed by atoms with E-state index in [1.807, 2.05) is 0 Å². The van der Waals surface area contributed by atoms with Gasteiger partial charge in [0, 0.05) is 5.02 Å². The number of aliphatic carboxylic acids is 1. The Morgan fingerprint density at radius 1 is 1.45 bits per heavy atom. The van der Waals surface area contributed by atoms with Crippen LogP contribution in [0.2, 0.25) is 5.02 Å². The lowest BCUT2D eigenvalue weighted by atomic mass is 10.3. The Morgan fingerprint density at radius 3 is 2.85 bits per heavy atom. The number of amides is 1. The molecule has 0 radical (unpaired) electrons. The Labute approximate surface area is 119 Å². The van der Waals surface area contributed by atoms with Crippen LogP contribution >= 0.6 is 11.6 Å². The van der Waals surface area contributed by atoms with Crippen molar-refractivity contribution in [3.05, 3.63) is 40.7 Å². The van der Waals surface area contributed by atoms with E-state index in [4.69, 9.17) is 16.7 Å². The molecule has 0 aliphatic rings. The van der Waals surface area contributed by atoms with Crippen LogP contribution < -0.4 is 5.32 Å². The number of nitrogens with zero attached hydrogens (tertiary/aromatic N) is 3. The largest absolute Gasteiger partial charge is 0.480 e. The first-order valence-corrected chi connectivity index (χ1v) is 6.05. The van der Waals surface area contributed by atoms with Gasteiger partial charge in [0.05, 0.1) is 11.4 Å². The zero-order valence-corrected chi connectivity index (χ0v) is 11.3. The van der Waals surface area contributed by atoms with Crippen molar-refractivity contribution in [3.63, 3.8) is 0 Å². The Bertz CT molecular complexity index is 668. The lowest BCUT2D eigenvalue weighted by Crippen LogP contribution is -2.30. The van der Waals surface area contributed by atoms with E-state index in [9.17, 15) is 9.59 Å². The van der Waals surface area contributed by atoms with Gasteiger partial charge in [0.1, 0.15) is 6.54 Å². The molecule has 0 atom stereocenters. The third-order valence-corrected chi connectivity index (χ3v) is 2.80. The number of benzene rings is 1. The molecule has 0 spiro atoms. The minimum Gasteiger partial charge on any atom is -0.480 e. The van der Waals surface area contributed by atoms with Crippen LogP contribution in [0.4, 0.5) is 0 Å². The number of hydrogen-bond acceptors (Lipinski definition) is 4. The highest BCUT2D eigenvalue weighted by atomic mass is 35.5. The molecule has 0 fully saturated rings. The molecule has 1 amide bonds. The zero-order chi connectivity index (χ0) is 14.7. The highest BCUT2D eigenvalue weighted by Gasteiger charge is 2.17. The van der Waals surface area contributed by atoms with Crippen molar-refractivity contribution in [1.29, 1.82) is 0 Å². The molecule has 2 rings (SSSR count). The van der Waals surface area contributed by atoms with Gasteiger partial charge >= 0.3 is 5.97 Å². The van der Waals surface area contributed by atoms with Crippen molar-refractivity contribution in [2.45, 2.75) is 6.92 Å². The molecule has 1 aromatic heterocycles. The highest BCUT2D eigenvalue weighted by molar-refractivity contribution is 6.30. The molecule has 0 bridgehead atoms. The van der Waals surface area contributed by atoms with E-state index in [-0.39, 0.29) is 5.69 Å². The van der Waals surface area contributed by atoms with Gasteiger partial charge in [-0.15, -0.1) is 5.10 Å². The van der Waals surface area contributed by atoms with Gasteiger partial charge in [0.25, 0.3) is 5.91 Å². The van der Waals surface area contributed by atoms with Gasteiger partial charge in [-0.25, -0.2) is 4.68 Å². The van der Waals surface area contributed by atoms with Crippen LogP contribution in [0.3, 0.4) is 0 Å². The van der Waals surface area contributed by atoms with E-state index in [1.54, 1.807) is 31.2 Å². The van der Waals surface area contributed by atoms with Crippen LogP contribution in [-0.4, -0.2) is 38.5 Å². The molecule has 0 unspecified atom stereocenters. The van der Waals surface area contributed by atoms with Crippen molar-refractivity contribution in [1.82, 2.24) is 20.3 Å². The fourth-order valence-corrected chi connectivity index (χ4v) is 1.82. The van der Waals surface area contributed by atoms with Crippen LogP contribution in [0.15, 0.2) is 24.3 Å². The SMILES string of the molecule is Cc1c(C(=O)NCC(=O)O)nnn1-c1cccc(Cl)c1. The molecule has 0 aliphatic heterocycles. The van der Waals surface area contributed by atoms with Crippen molar-refractivity contribution in [2.75, 3.05) is 6.54 Å². The lowest BCUT2D eigenvalue weighted by Gasteiger charge is -2.04. The summed E-state index contributed by atoms with van der Waals surface area (Å²) in [5.74, 6) is -1.71. The number of aromatic nitrogens is 3. The van der Waals surface area contributed by atoms with E-state index in [1.165, 1.54) is 4.68 Å². The van der Waals surface area contributed by atoms with Crippen LogP contribution in [-0.2, 0) is 4.79 Å². The van der Waals surface area contributed by atoms with E-state index in [0.717, 1.165) is 0 Å². The van der Waals surface area contributed by atoms with E-state index in [0.29, 0.717) is 16.4 Å². The third-order valence-electron chi connectivity index (χ3n) is 2.56. The molecule has 1 heterocycles. The topological polar surface area (TPSA) is 97.1 Å². The fourth-order valence-electron chi connectivity index (χ4n) is 1.63. The number of carboxylic acids is 1. The molecule has 0 saturated heterocycles. The number of rotatable bonds is 4. The molecule has 104 valence electrons. The van der Waals surface area contributed by atoms with Crippen LogP contribution in [0.1, 0.15) is 16.2 Å². The van der Waals surface area contributed by atoms with Gasteiger partial charge in [0.2, 0.25) is 0 Å². The normalized spacial score (nSPS) is 10.3. The first-order chi connectivity index (χ1) is 9.49. The molecule has 2 aromatic rings. The van der Waals surface area contributed by atoms with E-state index < -0.39 is 18.4 Å². The second-order valence-corrected chi connectivity index (χ2v) is 4.43. The quantitative estimate of drug-likeness (QED) is 0.878. The minimum atomic E-state index is -1.13. The first-order valence-electron chi connectivity index (χ1n) is 5.67. The first kappa shape index (κ1) is 14.0. The second kappa shape index (κ2) is 5.70. The van der Waals surface area contributed by atoms with Crippen molar-refractivity contribution in [2.24, 2.45) is 0 Å². The molecule has 7 nitrogen and oxygen atoms in total. The number of carbonyl (C=O) groups excluding carboxylic acids is 1. The van der Waals surface area contributed by atoms with Gasteiger partial charge in [-0.3, -0.25) is 9.59 Å². The van der Waals surface area contributed by atoms with Crippen LogP contribution in [0, 0.1) is 6.92 Å². The standard InChI is InChI=1S/C12H11ClN4O3/c1-7-11(12(20)14-6-10(18)19)15-16-17(7)9-4-2-3-8(13)5-9/h2-5H,6H2,1H3,(H,14,20)(H,18,19). The van der Waals surface area contributed by atoms with Gasteiger partial charge in [0.15, 0.2) is 5.69 Å². The summed E-state index contributed by atoms with van der Waals surface area (Å²) in [6.07, 6.45) is 0. The summed E-state index contributed by atoms with van der Waals surface area (Å²) in [4.78, 5) is 22.2. The summed E-state index contributed by atoms with van der Waals surface area (Å²) in [7, 11) is 0. The maximum Gasteiger partial charge on any atom is 0.322 e. The summed E-state index contributed by atoms with van der Waals surface area (Å²) < 4.78 is 1.46. The Hall–Kier alpha value is -2.41. The predicted octanol–water partition coefficient (Wildman–Crippen LogP) is 1.04. The number of hydrogen-bond donors (Lipinski definition) is 2. The maximum atomic E-state index is 11.8. The van der Waals surface area contributed by atoms with Gasteiger partial charge in [-0.05, 0) is 25.1 Å². The molecule has 20 heavy (non-hydrogen) atoms. The van der Waals surface area contributed by atoms with Crippen molar-refractivity contribution < 1.29 is 14.7 Å². The Kier molecular flexibility index (Phi) is 3.99. The zero-order valence-electron chi connectivity index (χ0n) is 10.5. The average Bonchev–Trinajstić information content (AvgIpc) is 2.78. The maximum absolute atomic E-state index is 11.8. The van der Waals surface area contributed by atoms with Crippen LogP contribution in [0.25, 0.3) is 5.69 Å². The molecular weight excluding hydrogens is 284 g/mol. The van der Waals surface area contributed by atoms with Gasteiger partial charge in [-0.2, -0.15) is 0 Å². The van der Waals surface area contributed by atoms with Gasteiger partial charge < -0.3 is 10.4 Å². The Morgan fingerprint density at radius 2 is 2.20 bits per heavy atom. The van der Waals surface area contributed by atoms with Crippen molar-refractivity contribution >= 4 is 23.5 Å². The summed E-state index contributed by atoms with van der Waals surface area (Å²) in [5, 5.41) is 18.9. The number of carboxylic acid groups (broad SMARTS) is 1. The molecular formula is C12H11ClN4O3. The predicted molar refractivity (Wildman–Crippen MR) is 71.1 cm³/mol. The summed E-state index contributed by atoms with van der Waals surface area (Å²) in [6, 6.07) is 6.93. The summed E-state index contributed by atoms with van der Waals surface area (Å²) in [6.45, 7) is 1.19. The summed E-state index contributed by atoms with van der Waals surface area (Å²) >= 11 is 5.89. The highest BCUT2D eigenvalue weighted by Crippen LogP contribution is 2.16. The summed E-state index contributed by atoms with van der Waals surface area (Å²) in [5.41, 5.74) is 1.24. The Balaban J connectivity index is 2.27. The second-order valence-electron chi connectivity index (χ2n) is 3.99. The third kappa shape index (κ3) is 2.94. The van der Waals surface area contributed by atoms with E-state index in [2.05, 4.69) is 15.6 Å². The molecule has 2 N–H and O–H groups in total. The number of halogens is 1. The number of nitrogens with one attached hydrogen (secondary N) is 1. The minimum absolute atomic E-state index is 0.0752. The van der Waals surface area contributed by atoms with Crippen LogP contribution in [0.5, 0.6) is 0 Å². The van der Waals surface area contributed by atoms with Gasteiger partial charge in [-0.1, -0.05) is 22.9 Å². The monoisotopic (exact) mass is 294 g/mol. The number of carbonyl (C=O) groups is 2.